The van der Waals surface area contributed by atoms with E-state index in [2.05, 4.69) is 40.5 Å². The molecule has 0 aromatic heterocycles. The zero-order chi connectivity index (χ0) is 30.6. The molecule has 5 rings (SSSR count). The fourth-order valence-electron chi connectivity index (χ4n) is 5.94. The molecule has 228 valence electrons. The van der Waals surface area contributed by atoms with Gasteiger partial charge in [-0.2, -0.15) is 0 Å². The number of halogens is 1. The maximum absolute atomic E-state index is 12.9. The van der Waals surface area contributed by atoms with E-state index in [1.54, 1.807) is 37.4 Å². The van der Waals surface area contributed by atoms with E-state index < -0.39 is 15.9 Å². The van der Waals surface area contributed by atoms with Crippen molar-refractivity contribution in [3.63, 3.8) is 0 Å². The Balaban J connectivity index is 1.20. The highest BCUT2D eigenvalue weighted by atomic mass is 35.5. The molecule has 1 aliphatic carbocycles. The maximum atomic E-state index is 12.9. The summed E-state index contributed by atoms with van der Waals surface area (Å²) in [6.07, 6.45) is 3.37. The minimum absolute atomic E-state index is 0.0539. The number of piperazine rings is 1. The van der Waals surface area contributed by atoms with Crippen LogP contribution in [0, 0.1) is 5.41 Å². The van der Waals surface area contributed by atoms with Crippen LogP contribution in [-0.2, 0) is 21.4 Å². The van der Waals surface area contributed by atoms with Crippen LogP contribution in [0.4, 0.5) is 5.69 Å². The van der Waals surface area contributed by atoms with Gasteiger partial charge in [0.25, 0.3) is 15.9 Å². The molecule has 1 saturated heterocycles. The number of anilines is 1. The lowest BCUT2D eigenvalue weighted by Crippen LogP contribution is -2.47. The van der Waals surface area contributed by atoms with Crippen LogP contribution in [0.15, 0.2) is 83.3 Å². The monoisotopic (exact) mass is 621 g/mol. The number of benzene rings is 3. The zero-order valence-electron chi connectivity index (χ0n) is 25.1. The lowest BCUT2D eigenvalue weighted by molar-refractivity contribution is 0.0981. The van der Waals surface area contributed by atoms with Gasteiger partial charge in [0.1, 0.15) is 0 Å². The summed E-state index contributed by atoms with van der Waals surface area (Å²) in [6.45, 7) is 9.58. The third-order valence-corrected chi connectivity index (χ3v) is 10.0. The molecule has 0 radical (unpaired) electrons. The SMILES string of the molecule is COCc1cccc(C(=O)NS(=O)(=O)c2ccc(N3CCN(CC4=C(c5ccc(Cl)cc5)CC(C)(C)CC4)CC3)cc2)c1. The Bertz CT molecular complexity index is 1580. The van der Waals surface area contributed by atoms with Crippen LogP contribution in [0.2, 0.25) is 5.02 Å². The predicted octanol–water partition coefficient (Wildman–Crippen LogP) is 6.39. The molecule has 0 atom stereocenters. The van der Waals surface area contributed by atoms with E-state index in [0.29, 0.717) is 6.61 Å². The predicted molar refractivity (Wildman–Crippen MR) is 173 cm³/mol. The van der Waals surface area contributed by atoms with Crippen molar-refractivity contribution >= 4 is 38.8 Å². The van der Waals surface area contributed by atoms with E-state index in [-0.39, 0.29) is 15.9 Å². The number of hydrogen-bond acceptors (Lipinski definition) is 6. The number of methoxy groups -OCH3 is 1. The standard InChI is InChI=1S/C34H40ClN3O4S/c1-34(2)16-15-28(32(22-34)26-7-9-29(35)10-8-26)23-37-17-19-38(20-18-37)30-11-13-31(14-12-30)43(40,41)36-33(39)27-6-4-5-25(21-27)24-42-3/h4-14,21H,15-20,22-24H2,1-3H3,(H,36,39). The molecule has 1 amide bonds. The fraction of sp³-hybridized carbons (Fsp3) is 0.382. The van der Waals surface area contributed by atoms with Crippen LogP contribution >= 0.6 is 11.6 Å². The van der Waals surface area contributed by atoms with Crippen molar-refractivity contribution in [1.29, 1.82) is 0 Å². The second-order valence-corrected chi connectivity index (χ2v) is 14.4. The number of rotatable bonds is 9. The van der Waals surface area contributed by atoms with Crippen LogP contribution in [-0.4, -0.2) is 59.1 Å². The van der Waals surface area contributed by atoms with Crippen molar-refractivity contribution in [2.24, 2.45) is 5.41 Å². The number of nitrogens with zero attached hydrogens (tertiary/aromatic N) is 2. The van der Waals surface area contributed by atoms with Crippen LogP contribution < -0.4 is 9.62 Å². The van der Waals surface area contributed by atoms with Gasteiger partial charge >= 0.3 is 0 Å². The van der Waals surface area contributed by atoms with Crippen molar-refractivity contribution in [2.75, 3.05) is 44.7 Å². The van der Waals surface area contributed by atoms with Gasteiger partial charge in [0.2, 0.25) is 0 Å². The molecule has 1 N–H and O–H groups in total. The van der Waals surface area contributed by atoms with Gasteiger partial charge in [-0.1, -0.05) is 55.3 Å². The molecule has 3 aromatic rings. The largest absolute Gasteiger partial charge is 0.380 e. The van der Waals surface area contributed by atoms with E-state index in [4.69, 9.17) is 16.3 Å². The lowest BCUT2D eigenvalue weighted by atomic mass is 9.72. The van der Waals surface area contributed by atoms with Crippen LogP contribution in [0.25, 0.3) is 5.57 Å². The lowest BCUT2D eigenvalue weighted by Gasteiger charge is -2.39. The number of amides is 1. The van der Waals surface area contributed by atoms with Gasteiger partial charge in [-0.3, -0.25) is 9.69 Å². The Hall–Kier alpha value is -3.17. The van der Waals surface area contributed by atoms with Gasteiger partial charge in [-0.15, -0.1) is 0 Å². The highest BCUT2D eigenvalue weighted by Gasteiger charge is 2.29. The van der Waals surface area contributed by atoms with Gasteiger partial charge in [0.15, 0.2) is 0 Å². The van der Waals surface area contributed by atoms with Crippen molar-refractivity contribution in [3.8, 4) is 0 Å². The van der Waals surface area contributed by atoms with Gasteiger partial charge in [0.05, 0.1) is 11.5 Å². The molecule has 43 heavy (non-hydrogen) atoms. The van der Waals surface area contributed by atoms with Gasteiger partial charge in [0, 0.05) is 56.1 Å². The summed E-state index contributed by atoms with van der Waals surface area (Å²) in [4.78, 5) is 17.5. The molecule has 7 nitrogen and oxygen atoms in total. The Kier molecular flexibility index (Phi) is 9.61. The normalized spacial score (nSPS) is 17.6. The summed E-state index contributed by atoms with van der Waals surface area (Å²) < 4.78 is 33.2. The molecule has 1 aliphatic heterocycles. The Morgan fingerprint density at radius 2 is 1.67 bits per heavy atom. The highest BCUT2D eigenvalue weighted by Crippen LogP contribution is 2.43. The number of hydrogen-bond donors (Lipinski definition) is 1. The number of ether oxygens (including phenoxy) is 1. The van der Waals surface area contributed by atoms with E-state index in [9.17, 15) is 13.2 Å². The molecule has 1 fully saturated rings. The van der Waals surface area contributed by atoms with Gasteiger partial charge < -0.3 is 9.64 Å². The van der Waals surface area contributed by atoms with Crippen LogP contribution in [0.1, 0.15) is 54.6 Å². The molecule has 9 heteroatoms. The molecule has 0 unspecified atom stereocenters. The fourth-order valence-corrected chi connectivity index (χ4v) is 7.04. The second-order valence-electron chi connectivity index (χ2n) is 12.3. The first-order chi connectivity index (χ1) is 20.5. The average molecular weight is 622 g/mol. The Morgan fingerprint density at radius 3 is 2.35 bits per heavy atom. The van der Waals surface area contributed by atoms with E-state index >= 15 is 0 Å². The molecule has 0 spiro atoms. The first kappa shape index (κ1) is 31.3. The Morgan fingerprint density at radius 1 is 0.977 bits per heavy atom. The van der Waals surface area contributed by atoms with E-state index in [0.717, 1.165) is 61.8 Å². The molecule has 0 bridgehead atoms. The van der Waals surface area contributed by atoms with Crippen molar-refractivity contribution in [2.45, 2.75) is 44.6 Å². The molecule has 3 aromatic carbocycles. The van der Waals surface area contributed by atoms with E-state index in [1.165, 1.54) is 23.1 Å². The minimum Gasteiger partial charge on any atom is -0.380 e. The first-order valence-electron chi connectivity index (χ1n) is 14.7. The van der Waals surface area contributed by atoms with Crippen LogP contribution in [0.3, 0.4) is 0 Å². The third-order valence-electron chi connectivity index (χ3n) is 8.40. The number of allylic oxidation sites excluding steroid dienone is 1. The average Bonchev–Trinajstić information content (AvgIpc) is 2.99. The maximum Gasteiger partial charge on any atom is 0.265 e. The summed E-state index contributed by atoms with van der Waals surface area (Å²) in [5.41, 5.74) is 6.57. The summed E-state index contributed by atoms with van der Waals surface area (Å²) in [7, 11) is -2.45. The topological polar surface area (TPSA) is 78.9 Å². The smallest absolute Gasteiger partial charge is 0.265 e. The van der Waals surface area contributed by atoms with Gasteiger partial charge in [-0.05, 0) is 89.9 Å². The number of carbonyl (C=O) groups excluding carboxylic acids is 1. The Labute approximate surface area is 260 Å². The number of nitrogens with one attached hydrogen (secondary N) is 1. The molecular weight excluding hydrogens is 582 g/mol. The molecule has 0 saturated carbocycles. The summed E-state index contributed by atoms with van der Waals surface area (Å²) in [6, 6.07) is 21.7. The molecular formula is C34H40ClN3O4S. The number of carbonyl (C=O) groups is 1. The summed E-state index contributed by atoms with van der Waals surface area (Å²) in [5, 5.41) is 0.761. The van der Waals surface area contributed by atoms with Crippen molar-refractivity contribution < 1.29 is 17.9 Å². The van der Waals surface area contributed by atoms with Crippen molar-refractivity contribution in [3.05, 3.63) is 100 Å². The zero-order valence-corrected chi connectivity index (χ0v) is 26.7. The third kappa shape index (κ3) is 7.87. The first-order valence-corrected chi connectivity index (χ1v) is 16.6. The van der Waals surface area contributed by atoms with Crippen molar-refractivity contribution in [1.82, 2.24) is 9.62 Å². The van der Waals surface area contributed by atoms with E-state index in [1.807, 2.05) is 30.3 Å². The molecule has 2 aliphatic rings. The second kappa shape index (κ2) is 13.2. The van der Waals surface area contributed by atoms with Crippen LogP contribution in [0.5, 0.6) is 0 Å². The number of sulfonamides is 1. The summed E-state index contributed by atoms with van der Waals surface area (Å²) >= 11 is 6.17. The summed E-state index contributed by atoms with van der Waals surface area (Å²) in [5.74, 6) is -0.672. The highest BCUT2D eigenvalue weighted by molar-refractivity contribution is 7.90. The minimum atomic E-state index is -4.01. The van der Waals surface area contributed by atoms with Gasteiger partial charge in [-0.25, -0.2) is 13.1 Å². The molecule has 1 heterocycles. The quantitative estimate of drug-likeness (QED) is 0.298.